The van der Waals surface area contributed by atoms with Crippen molar-refractivity contribution in [3.63, 3.8) is 0 Å². The van der Waals surface area contributed by atoms with Crippen LogP contribution in [0.15, 0.2) is 229 Å². The summed E-state index contributed by atoms with van der Waals surface area (Å²) in [6, 6.07) is 83.4. The average Bonchev–Trinajstić information content (AvgIpc) is 3.96. The van der Waals surface area contributed by atoms with Crippen LogP contribution in [-0.2, 0) is 5.41 Å². The Hall–Kier alpha value is -8.12. The Labute approximate surface area is 386 Å². The number of thiophene rings is 1. The highest BCUT2D eigenvalue weighted by atomic mass is 32.1. The van der Waals surface area contributed by atoms with Crippen molar-refractivity contribution in [3.8, 4) is 22.3 Å². The molecule has 5 heteroatoms. The van der Waals surface area contributed by atoms with Crippen molar-refractivity contribution in [3.05, 3.63) is 247 Å². The van der Waals surface area contributed by atoms with Crippen LogP contribution in [0.2, 0.25) is 0 Å². The van der Waals surface area contributed by atoms with Gasteiger partial charge in [-0.05, 0) is 80.2 Å². The largest absolute Gasteiger partial charge is 0.456 e. The summed E-state index contributed by atoms with van der Waals surface area (Å²) >= 11 is 1.90. The first-order valence-electron chi connectivity index (χ1n) is 22.8. The molecule has 0 atom stereocenters. The first-order valence-corrected chi connectivity index (χ1v) is 23.6. The van der Waals surface area contributed by atoms with E-state index >= 15 is 0 Å². The minimum absolute atomic E-state index is 0.205. The fourth-order valence-corrected chi connectivity index (χ4v) is 13.4. The molecule has 3 nitrogen and oxygen atoms in total. The molecule has 0 radical (unpaired) electrons. The average molecular weight is 857 g/mol. The van der Waals surface area contributed by atoms with Gasteiger partial charge in [-0.3, -0.25) is 0 Å². The van der Waals surface area contributed by atoms with Crippen molar-refractivity contribution in [2.45, 2.75) is 5.41 Å². The third-order valence-corrected chi connectivity index (χ3v) is 15.9. The summed E-state index contributed by atoms with van der Waals surface area (Å²) in [6.45, 7) is -0.205. The fourth-order valence-electron chi connectivity index (χ4n) is 12.1. The molecule has 0 amide bonds. The van der Waals surface area contributed by atoms with E-state index < -0.39 is 5.41 Å². The van der Waals surface area contributed by atoms with E-state index in [4.69, 9.17) is 4.42 Å². The Morgan fingerprint density at radius 1 is 0.455 bits per heavy atom. The molecule has 66 heavy (non-hydrogen) atoms. The molecular formula is C61H37BN2OS. The molecule has 0 unspecified atom stereocenters. The van der Waals surface area contributed by atoms with Crippen LogP contribution in [0.25, 0.3) is 64.4 Å². The third kappa shape index (κ3) is 4.67. The lowest BCUT2D eigenvalue weighted by Crippen LogP contribution is -2.62. The number of hydrogen-bond donors (Lipinski definition) is 0. The Bertz CT molecular complexity index is 3930. The fraction of sp³-hybridized carbons (Fsp3) is 0.0164. The molecule has 3 aliphatic heterocycles. The van der Waals surface area contributed by atoms with Gasteiger partial charge in [0.15, 0.2) is 0 Å². The summed E-state index contributed by atoms with van der Waals surface area (Å²) in [5.41, 5.74) is 19.5. The maximum atomic E-state index is 6.99. The van der Waals surface area contributed by atoms with Crippen molar-refractivity contribution in [2.24, 2.45) is 0 Å². The maximum absolute atomic E-state index is 6.99. The highest BCUT2D eigenvalue weighted by Gasteiger charge is 2.53. The van der Waals surface area contributed by atoms with Crippen LogP contribution in [0.4, 0.5) is 28.4 Å². The zero-order valence-corrected chi connectivity index (χ0v) is 36.5. The van der Waals surface area contributed by atoms with E-state index in [1.54, 1.807) is 0 Å². The highest BCUT2D eigenvalue weighted by Crippen LogP contribution is 2.60. The van der Waals surface area contributed by atoms with Crippen LogP contribution in [-0.4, -0.2) is 6.85 Å². The zero-order valence-electron chi connectivity index (χ0n) is 35.7. The van der Waals surface area contributed by atoms with Gasteiger partial charge in [-0.1, -0.05) is 188 Å². The van der Waals surface area contributed by atoms with Gasteiger partial charge in [0, 0.05) is 60.6 Å². The third-order valence-electron chi connectivity index (χ3n) is 14.7. The Morgan fingerprint density at radius 3 is 1.92 bits per heavy atom. The van der Waals surface area contributed by atoms with Gasteiger partial charge in [0.25, 0.3) is 0 Å². The number of rotatable bonds is 4. The lowest BCUT2D eigenvalue weighted by atomic mass is 9.42. The topological polar surface area (TPSA) is 19.6 Å². The first kappa shape index (κ1) is 36.2. The van der Waals surface area contributed by atoms with Gasteiger partial charge in [0.1, 0.15) is 11.2 Å². The Balaban J connectivity index is 1.14. The zero-order chi connectivity index (χ0) is 43.1. The van der Waals surface area contributed by atoms with Crippen LogP contribution in [0, 0.1) is 0 Å². The molecule has 10 aromatic carbocycles. The van der Waals surface area contributed by atoms with Crippen molar-refractivity contribution < 1.29 is 4.42 Å². The summed E-state index contributed by atoms with van der Waals surface area (Å²) in [4.78, 5) is 5.30. The van der Waals surface area contributed by atoms with Crippen molar-refractivity contribution in [1.29, 1.82) is 0 Å². The summed E-state index contributed by atoms with van der Waals surface area (Å²) < 4.78 is 9.57. The molecule has 3 aliphatic rings. The number of anilines is 5. The monoisotopic (exact) mass is 856 g/mol. The van der Waals surface area contributed by atoms with E-state index in [1.165, 1.54) is 98.4 Å². The van der Waals surface area contributed by atoms with Crippen molar-refractivity contribution in [2.75, 3.05) is 9.71 Å². The molecule has 0 saturated carbocycles. The molecule has 15 rings (SSSR count). The molecule has 0 bridgehead atoms. The van der Waals surface area contributed by atoms with E-state index in [0.29, 0.717) is 0 Å². The van der Waals surface area contributed by atoms with Crippen LogP contribution >= 0.6 is 11.3 Å². The maximum Gasteiger partial charge on any atom is 0.333 e. The number of para-hydroxylation sites is 3. The van der Waals surface area contributed by atoms with Crippen LogP contribution in [0.5, 0.6) is 0 Å². The van der Waals surface area contributed by atoms with Gasteiger partial charge in [0.05, 0.1) is 15.8 Å². The number of furan rings is 1. The molecule has 12 aromatic rings. The second-order valence-corrected chi connectivity index (χ2v) is 18.9. The number of benzene rings is 10. The van der Waals surface area contributed by atoms with Gasteiger partial charge in [0.2, 0.25) is 0 Å². The normalized spacial score (nSPS) is 14.1. The molecule has 0 N–H and O–H groups in total. The smallest absolute Gasteiger partial charge is 0.333 e. The molecule has 0 saturated heterocycles. The number of nitrogens with zero attached hydrogens (tertiary/aromatic N) is 2. The first-order chi connectivity index (χ1) is 32.8. The molecule has 2 aromatic heterocycles. The summed E-state index contributed by atoms with van der Waals surface area (Å²) in [6.07, 6.45) is 0. The lowest BCUT2D eigenvalue weighted by Gasteiger charge is -2.52. The molecule has 5 heterocycles. The van der Waals surface area contributed by atoms with E-state index in [1.807, 2.05) is 11.3 Å². The predicted octanol–water partition coefficient (Wildman–Crippen LogP) is 15.0. The van der Waals surface area contributed by atoms with Gasteiger partial charge in [-0.15, -0.1) is 11.3 Å². The number of fused-ring (bicyclic) bond motifs is 13. The Kier molecular flexibility index (Phi) is 7.39. The molecule has 0 aliphatic carbocycles. The lowest BCUT2D eigenvalue weighted by molar-refractivity contribution is 0.669. The number of hydrogen-bond acceptors (Lipinski definition) is 4. The second-order valence-electron chi connectivity index (χ2n) is 17.9. The van der Waals surface area contributed by atoms with Gasteiger partial charge < -0.3 is 14.1 Å². The van der Waals surface area contributed by atoms with E-state index in [-0.39, 0.29) is 6.85 Å². The molecule has 306 valence electrons. The van der Waals surface area contributed by atoms with Crippen molar-refractivity contribution >= 4 is 99.7 Å². The second kappa shape index (κ2) is 13.5. The van der Waals surface area contributed by atoms with E-state index in [2.05, 4.69) is 234 Å². The van der Waals surface area contributed by atoms with Crippen molar-refractivity contribution in [1.82, 2.24) is 0 Å². The molecule has 0 fully saturated rings. The Morgan fingerprint density at radius 2 is 1.11 bits per heavy atom. The van der Waals surface area contributed by atoms with Gasteiger partial charge in [-0.2, -0.15) is 0 Å². The summed E-state index contributed by atoms with van der Waals surface area (Å²) in [5, 5.41) is 4.87. The van der Waals surface area contributed by atoms with Crippen LogP contribution in [0.1, 0.15) is 22.3 Å². The minimum Gasteiger partial charge on any atom is -0.456 e. The van der Waals surface area contributed by atoms with Crippen LogP contribution < -0.4 is 20.6 Å². The van der Waals surface area contributed by atoms with Crippen LogP contribution in [0.3, 0.4) is 0 Å². The highest BCUT2D eigenvalue weighted by molar-refractivity contribution is 7.26. The SMILES string of the molecule is c1ccc(-c2ccc3c(c2)N(c2cccc4c2sc2ccccc24)B2c4cccc5c4N(c4ccccc4C5(c4ccccc4)c4ccccc4)c4cc5oc6ccccc6c5c-3c42)cc1. The summed E-state index contributed by atoms with van der Waals surface area (Å²) in [7, 11) is 0. The minimum atomic E-state index is -0.617. The standard InChI is InChI=1S/C61H37BN2OS/c1-4-18-38(19-5-1)39-34-35-44-51(36-39)64(50-31-16-26-43-42-24-11-15-33-55(42)66-60(43)50)62-48-29-17-28-47-59(48)63(52-37-54-56(57(44)58(52)62)45-25-10-14-32-53(45)65-54)49-30-13-12-27-46(49)61(47,40-20-6-2-7-21-40)41-22-8-3-9-23-41/h1-37H. The molecule has 0 spiro atoms. The van der Waals surface area contributed by atoms with E-state index in [9.17, 15) is 0 Å². The molecular weight excluding hydrogens is 820 g/mol. The van der Waals surface area contributed by atoms with Gasteiger partial charge >= 0.3 is 6.85 Å². The summed E-state index contributed by atoms with van der Waals surface area (Å²) in [5.74, 6) is 0. The quantitative estimate of drug-likeness (QED) is 0.164. The predicted molar refractivity (Wildman–Crippen MR) is 278 cm³/mol. The van der Waals surface area contributed by atoms with E-state index in [0.717, 1.165) is 27.6 Å². The van der Waals surface area contributed by atoms with Gasteiger partial charge in [-0.25, -0.2) is 0 Å².